The van der Waals surface area contributed by atoms with E-state index in [-0.39, 0.29) is 5.91 Å². The highest BCUT2D eigenvalue weighted by atomic mass is 16.2. The molecule has 0 saturated heterocycles. The van der Waals surface area contributed by atoms with Gasteiger partial charge in [-0.25, -0.2) is 4.79 Å². The minimum absolute atomic E-state index is 0.327. The summed E-state index contributed by atoms with van der Waals surface area (Å²) in [7, 11) is 1.49. The number of amides is 3. The first-order valence-corrected chi connectivity index (χ1v) is 7.63. The number of urea groups is 1. The van der Waals surface area contributed by atoms with E-state index in [2.05, 4.69) is 21.6 Å². The SMILES string of the molecule is CNC(=O)NC(=O)[C@@H](c1ccccc1)N1CCc2ccccc21. The normalized spacial score (nSPS) is 14.0. The monoisotopic (exact) mass is 309 g/mol. The fourth-order valence-corrected chi connectivity index (χ4v) is 2.98. The zero-order chi connectivity index (χ0) is 16.2. The lowest BCUT2D eigenvalue weighted by atomic mass is 10.0. The molecule has 2 aromatic carbocycles. The summed E-state index contributed by atoms with van der Waals surface area (Å²) in [6, 6.07) is 16.6. The molecule has 2 aromatic rings. The molecule has 0 spiro atoms. The summed E-state index contributed by atoms with van der Waals surface area (Å²) in [5.74, 6) is -0.327. The predicted octanol–water partition coefficient (Wildman–Crippen LogP) is 2.25. The van der Waals surface area contributed by atoms with Gasteiger partial charge in [-0.1, -0.05) is 48.5 Å². The van der Waals surface area contributed by atoms with Crippen LogP contribution >= 0.6 is 0 Å². The summed E-state index contributed by atoms with van der Waals surface area (Å²) in [4.78, 5) is 26.3. The Morgan fingerprint density at radius 2 is 1.74 bits per heavy atom. The summed E-state index contributed by atoms with van der Waals surface area (Å²) >= 11 is 0. The van der Waals surface area contributed by atoms with Gasteiger partial charge >= 0.3 is 6.03 Å². The molecule has 0 bridgehead atoms. The van der Waals surface area contributed by atoms with Crippen LogP contribution in [-0.4, -0.2) is 25.5 Å². The maximum absolute atomic E-state index is 12.7. The van der Waals surface area contributed by atoms with Gasteiger partial charge in [0.1, 0.15) is 6.04 Å². The largest absolute Gasteiger partial charge is 0.355 e. The van der Waals surface area contributed by atoms with E-state index in [0.29, 0.717) is 0 Å². The molecule has 1 aliphatic heterocycles. The maximum atomic E-state index is 12.7. The second-order valence-electron chi connectivity index (χ2n) is 5.45. The Hall–Kier alpha value is -2.82. The highest BCUT2D eigenvalue weighted by Gasteiger charge is 2.32. The molecule has 1 heterocycles. The third kappa shape index (κ3) is 3.04. The maximum Gasteiger partial charge on any atom is 0.321 e. The minimum Gasteiger partial charge on any atom is -0.355 e. The molecule has 2 N–H and O–H groups in total. The van der Waals surface area contributed by atoms with E-state index in [4.69, 9.17) is 0 Å². The van der Waals surface area contributed by atoms with E-state index in [1.807, 2.05) is 48.5 Å². The predicted molar refractivity (Wildman–Crippen MR) is 89.3 cm³/mol. The summed E-state index contributed by atoms with van der Waals surface area (Å²) in [6.07, 6.45) is 0.896. The van der Waals surface area contributed by atoms with Crippen LogP contribution in [0.3, 0.4) is 0 Å². The van der Waals surface area contributed by atoms with Crippen molar-refractivity contribution < 1.29 is 9.59 Å². The standard InChI is InChI=1S/C18H19N3O2/c1-19-18(23)20-17(22)16(14-8-3-2-4-9-14)21-12-11-13-7-5-6-10-15(13)21/h2-10,16H,11-12H2,1H3,(H2,19,20,22,23)/t16-/m1/s1. The number of nitrogens with zero attached hydrogens (tertiary/aromatic N) is 1. The number of imide groups is 1. The fraction of sp³-hybridized carbons (Fsp3) is 0.222. The average molecular weight is 309 g/mol. The Kier molecular flexibility index (Phi) is 4.28. The molecule has 5 heteroatoms. The minimum atomic E-state index is -0.530. The number of benzene rings is 2. The quantitative estimate of drug-likeness (QED) is 0.914. The van der Waals surface area contributed by atoms with Gasteiger partial charge in [-0.2, -0.15) is 0 Å². The van der Waals surface area contributed by atoms with Gasteiger partial charge in [-0.3, -0.25) is 10.1 Å². The second kappa shape index (κ2) is 6.52. The van der Waals surface area contributed by atoms with Gasteiger partial charge in [0, 0.05) is 19.3 Å². The molecule has 0 radical (unpaired) electrons. The molecular formula is C18H19N3O2. The van der Waals surface area contributed by atoms with Gasteiger partial charge in [0.25, 0.3) is 5.91 Å². The van der Waals surface area contributed by atoms with Crippen molar-refractivity contribution >= 4 is 17.6 Å². The molecule has 1 atom stereocenters. The Bertz CT molecular complexity index is 715. The number of carbonyl (C=O) groups excluding carboxylic acids is 2. The van der Waals surface area contributed by atoms with Crippen LogP contribution in [0.2, 0.25) is 0 Å². The van der Waals surface area contributed by atoms with E-state index in [0.717, 1.165) is 24.2 Å². The third-order valence-corrected chi connectivity index (χ3v) is 4.06. The van der Waals surface area contributed by atoms with Crippen LogP contribution in [0.15, 0.2) is 54.6 Å². The molecule has 5 nitrogen and oxygen atoms in total. The molecule has 0 fully saturated rings. The Morgan fingerprint density at radius 3 is 2.48 bits per heavy atom. The van der Waals surface area contributed by atoms with Crippen LogP contribution in [-0.2, 0) is 11.2 Å². The van der Waals surface area contributed by atoms with Crippen LogP contribution in [0.5, 0.6) is 0 Å². The Labute approximate surface area is 135 Å². The summed E-state index contributed by atoms with van der Waals surface area (Å²) in [6.45, 7) is 0.750. The van der Waals surface area contributed by atoms with Gasteiger partial charge < -0.3 is 10.2 Å². The van der Waals surface area contributed by atoms with Crippen molar-refractivity contribution in [3.05, 3.63) is 65.7 Å². The number of para-hydroxylation sites is 1. The first kappa shape index (κ1) is 15.1. The van der Waals surface area contributed by atoms with Gasteiger partial charge in [0.05, 0.1) is 0 Å². The van der Waals surface area contributed by atoms with Gasteiger partial charge in [-0.05, 0) is 23.6 Å². The summed E-state index contributed by atoms with van der Waals surface area (Å²) in [5, 5.41) is 4.83. The van der Waals surface area contributed by atoms with Gasteiger partial charge in [0.15, 0.2) is 0 Å². The van der Waals surface area contributed by atoms with Crippen LogP contribution < -0.4 is 15.5 Å². The highest BCUT2D eigenvalue weighted by molar-refractivity contribution is 5.99. The lowest BCUT2D eigenvalue weighted by Crippen LogP contribution is -2.45. The molecule has 0 unspecified atom stereocenters. The number of rotatable bonds is 3. The molecule has 0 saturated carbocycles. The lowest BCUT2D eigenvalue weighted by Gasteiger charge is -2.29. The van der Waals surface area contributed by atoms with Crippen LogP contribution in [0, 0.1) is 0 Å². The van der Waals surface area contributed by atoms with Gasteiger partial charge in [-0.15, -0.1) is 0 Å². The number of fused-ring (bicyclic) bond motifs is 1. The van der Waals surface area contributed by atoms with E-state index in [1.54, 1.807) is 0 Å². The zero-order valence-corrected chi connectivity index (χ0v) is 13.0. The molecule has 1 aliphatic rings. The van der Waals surface area contributed by atoms with Crippen molar-refractivity contribution in [3.8, 4) is 0 Å². The Balaban J connectivity index is 1.97. The Morgan fingerprint density at radius 1 is 1.04 bits per heavy atom. The number of carbonyl (C=O) groups is 2. The molecule has 0 aromatic heterocycles. The van der Waals surface area contributed by atoms with Crippen LogP contribution in [0.1, 0.15) is 17.2 Å². The summed E-state index contributed by atoms with van der Waals surface area (Å²) in [5.41, 5.74) is 3.14. The molecule has 3 rings (SSSR count). The molecular weight excluding hydrogens is 290 g/mol. The van der Waals surface area contributed by atoms with Crippen LogP contribution in [0.25, 0.3) is 0 Å². The molecule has 23 heavy (non-hydrogen) atoms. The first-order chi connectivity index (χ1) is 11.2. The average Bonchev–Trinajstić information content (AvgIpc) is 3.00. The van der Waals surface area contributed by atoms with Crippen molar-refractivity contribution in [2.45, 2.75) is 12.5 Å². The van der Waals surface area contributed by atoms with Gasteiger partial charge in [0.2, 0.25) is 0 Å². The van der Waals surface area contributed by atoms with Crippen molar-refractivity contribution in [3.63, 3.8) is 0 Å². The van der Waals surface area contributed by atoms with Crippen molar-refractivity contribution in [2.75, 3.05) is 18.5 Å². The van der Waals surface area contributed by atoms with E-state index in [9.17, 15) is 9.59 Å². The summed E-state index contributed by atoms with van der Waals surface area (Å²) < 4.78 is 0. The number of hydrogen-bond acceptors (Lipinski definition) is 3. The molecule has 118 valence electrons. The molecule has 0 aliphatic carbocycles. The van der Waals surface area contributed by atoms with Crippen molar-refractivity contribution in [1.82, 2.24) is 10.6 Å². The van der Waals surface area contributed by atoms with E-state index < -0.39 is 12.1 Å². The first-order valence-electron chi connectivity index (χ1n) is 7.63. The van der Waals surface area contributed by atoms with Crippen molar-refractivity contribution in [1.29, 1.82) is 0 Å². The van der Waals surface area contributed by atoms with Crippen molar-refractivity contribution in [2.24, 2.45) is 0 Å². The topological polar surface area (TPSA) is 61.4 Å². The lowest BCUT2D eigenvalue weighted by molar-refractivity contribution is -0.121. The van der Waals surface area contributed by atoms with E-state index >= 15 is 0 Å². The number of anilines is 1. The second-order valence-corrected chi connectivity index (χ2v) is 5.45. The highest BCUT2D eigenvalue weighted by Crippen LogP contribution is 2.35. The zero-order valence-electron chi connectivity index (χ0n) is 13.0. The number of hydrogen-bond donors (Lipinski definition) is 2. The van der Waals surface area contributed by atoms with Crippen LogP contribution in [0.4, 0.5) is 10.5 Å². The fourth-order valence-electron chi connectivity index (χ4n) is 2.98. The van der Waals surface area contributed by atoms with E-state index in [1.165, 1.54) is 12.6 Å². The number of nitrogens with one attached hydrogen (secondary N) is 2. The smallest absolute Gasteiger partial charge is 0.321 e. The third-order valence-electron chi connectivity index (χ3n) is 4.06. The molecule has 3 amide bonds.